The van der Waals surface area contributed by atoms with Crippen LogP contribution < -0.4 is 10.9 Å². The highest BCUT2D eigenvalue weighted by Gasteiger charge is 2.16. The topological polar surface area (TPSA) is 64.0 Å². The number of hydrogen-bond acceptors (Lipinski definition) is 4. The molecule has 0 aliphatic carbocycles. The molecule has 0 bridgehead atoms. The summed E-state index contributed by atoms with van der Waals surface area (Å²) in [7, 11) is 0. The summed E-state index contributed by atoms with van der Waals surface area (Å²) in [6.07, 6.45) is 0.865. The van der Waals surface area contributed by atoms with Gasteiger partial charge >= 0.3 is 0 Å². The number of anilines is 1. The van der Waals surface area contributed by atoms with Crippen molar-refractivity contribution in [2.45, 2.75) is 18.5 Å². The molecule has 0 aliphatic heterocycles. The van der Waals surface area contributed by atoms with Gasteiger partial charge in [-0.25, -0.2) is 13.8 Å². The lowest BCUT2D eigenvalue weighted by Crippen LogP contribution is -2.23. The summed E-state index contributed by atoms with van der Waals surface area (Å²) < 4.78 is 28.6. The Morgan fingerprint density at radius 3 is 2.56 bits per heavy atom. The van der Waals surface area contributed by atoms with Crippen LogP contribution in [-0.2, 0) is 11.2 Å². The molecule has 0 unspecified atom stereocenters. The Hall–Kier alpha value is -3.52. The maximum atomic E-state index is 13.8. The SMILES string of the molecule is CCc1ccc(-n2c(SCC(=O)Nc3cc(F)ccc3F)nc3ccccc3c2=O)cc1. The molecule has 32 heavy (non-hydrogen) atoms. The number of benzene rings is 3. The molecule has 162 valence electrons. The highest BCUT2D eigenvalue weighted by Crippen LogP contribution is 2.23. The van der Waals surface area contributed by atoms with Crippen LogP contribution in [0, 0.1) is 11.6 Å². The predicted molar refractivity (Wildman–Crippen MR) is 122 cm³/mol. The molecular weight excluding hydrogens is 432 g/mol. The summed E-state index contributed by atoms with van der Waals surface area (Å²) in [5.74, 6) is -2.08. The highest BCUT2D eigenvalue weighted by atomic mass is 32.2. The molecule has 0 radical (unpaired) electrons. The van der Waals surface area contributed by atoms with Crippen molar-refractivity contribution in [1.29, 1.82) is 0 Å². The van der Waals surface area contributed by atoms with Crippen LogP contribution in [0.15, 0.2) is 76.7 Å². The fraction of sp³-hybridized carbons (Fsp3) is 0.125. The number of fused-ring (bicyclic) bond motifs is 1. The summed E-state index contributed by atoms with van der Waals surface area (Å²) in [6.45, 7) is 2.04. The molecule has 3 aromatic carbocycles. The van der Waals surface area contributed by atoms with Gasteiger partial charge in [-0.3, -0.25) is 14.2 Å². The summed E-state index contributed by atoms with van der Waals surface area (Å²) in [5, 5.41) is 3.14. The predicted octanol–water partition coefficient (Wildman–Crippen LogP) is 4.96. The Morgan fingerprint density at radius 1 is 1.06 bits per heavy atom. The quantitative estimate of drug-likeness (QED) is 0.333. The van der Waals surface area contributed by atoms with Crippen LogP contribution >= 0.6 is 11.8 Å². The van der Waals surface area contributed by atoms with E-state index in [0.29, 0.717) is 21.7 Å². The number of nitrogens with one attached hydrogen (secondary N) is 1. The highest BCUT2D eigenvalue weighted by molar-refractivity contribution is 7.99. The van der Waals surface area contributed by atoms with Gasteiger partial charge in [-0.05, 0) is 48.4 Å². The van der Waals surface area contributed by atoms with E-state index in [9.17, 15) is 18.4 Å². The molecule has 0 saturated carbocycles. The summed E-state index contributed by atoms with van der Waals surface area (Å²) in [5.41, 5.74) is 1.78. The summed E-state index contributed by atoms with van der Waals surface area (Å²) >= 11 is 1.04. The third-order valence-electron chi connectivity index (χ3n) is 4.88. The van der Waals surface area contributed by atoms with Gasteiger partial charge in [0.05, 0.1) is 28.0 Å². The van der Waals surface area contributed by atoms with E-state index in [4.69, 9.17) is 0 Å². The minimum Gasteiger partial charge on any atom is -0.323 e. The van der Waals surface area contributed by atoms with Crippen LogP contribution in [0.5, 0.6) is 0 Å². The summed E-state index contributed by atoms with van der Waals surface area (Å²) in [6, 6.07) is 17.4. The minimum absolute atomic E-state index is 0.145. The molecular formula is C24H19F2N3O2S. The van der Waals surface area contributed by atoms with Gasteiger partial charge in [0.1, 0.15) is 11.6 Å². The van der Waals surface area contributed by atoms with Crippen LogP contribution in [0.25, 0.3) is 16.6 Å². The summed E-state index contributed by atoms with van der Waals surface area (Å²) in [4.78, 5) is 30.2. The lowest BCUT2D eigenvalue weighted by atomic mass is 10.1. The van der Waals surface area contributed by atoms with Crippen LogP contribution in [0.1, 0.15) is 12.5 Å². The van der Waals surface area contributed by atoms with Crippen molar-refractivity contribution < 1.29 is 13.6 Å². The van der Waals surface area contributed by atoms with E-state index in [2.05, 4.69) is 10.3 Å². The van der Waals surface area contributed by atoms with Crippen molar-refractivity contribution in [3.05, 3.63) is 94.3 Å². The molecule has 5 nitrogen and oxygen atoms in total. The number of para-hydroxylation sites is 1. The third kappa shape index (κ3) is 4.55. The van der Waals surface area contributed by atoms with Gasteiger partial charge in [0.15, 0.2) is 5.16 Å². The fourth-order valence-corrected chi connectivity index (χ4v) is 4.04. The zero-order chi connectivity index (χ0) is 22.7. The van der Waals surface area contributed by atoms with E-state index in [1.165, 1.54) is 4.57 Å². The molecule has 0 saturated heterocycles. The standard InChI is InChI=1S/C24H19F2N3O2S/c1-2-15-7-10-17(11-8-15)29-23(31)18-5-3-4-6-20(18)28-24(29)32-14-22(30)27-21-13-16(25)9-12-19(21)26/h3-13H,2,14H2,1H3,(H,27,30). The number of halogens is 2. The first kappa shape index (κ1) is 21.7. The average molecular weight is 451 g/mol. The Labute approximate surface area is 187 Å². The zero-order valence-corrected chi connectivity index (χ0v) is 18.0. The molecule has 1 N–H and O–H groups in total. The number of amides is 1. The first-order valence-corrected chi connectivity index (χ1v) is 10.9. The molecule has 0 spiro atoms. The first-order chi connectivity index (χ1) is 15.5. The number of carbonyl (C=O) groups excluding carboxylic acids is 1. The molecule has 4 aromatic rings. The first-order valence-electron chi connectivity index (χ1n) is 9.95. The van der Waals surface area contributed by atoms with E-state index in [1.807, 2.05) is 31.2 Å². The number of aromatic nitrogens is 2. The van der Waals surface area contributed by atoms with Crippen molar-refractivity contribution in [1.82, 2.24) is 9.55 Å². The lowest BCUT2D eigenvalue weighted by molar-refractivity contribution is -0.113. The maximum Gasteiger partial charge on any atom is 0.266 e. The van der Waals surface area contributed by atoms with E-state index in [0.717, 1.165) is 41.9 Å². The Balaban J connectivity index is 1.67. The van der Waals surface area contributed by atoms with Crippen molar-refractivity contribution in [2.75, 3.05) is 11.1 Å². The second kappa shape index (κ2) is 9.32. The van der Waals surface area contributed by atoms with Crippen LogP contribution in [0.4, 0.5) is 14.5 Å². The maximum absolute atomic E-state index is 13.8. The molecule has 1 heterocycles. The third-order valence-corrected chi connectivity index (χ3v) is 5.82. The lowest BCUT2D eigenvalue weighted by Gasteiger charge is -2.14. The van der Waals surface area contributed by atoms with Crippen molar-refractivity contribution in [2.24, 2.45) is 0 Å². The van der Waals surface area contributed by atoms with Crippen molar-refractivity contribution in [3.8, 4) is 5.69 Å². The smallest absolute Gasteiger partial charge is 0.266 e. The molecule has 8 heteroatoms. The molecule has 1 aromatic heterocycles. The van der Waals surface area contributed by atoms with Gasteiger partial charge in [-0.15, -0.1) is 0 Å². The number of nitrogens with zero attached hydrogens (tertiary/aromatic N) is 2. The van der Waals surface area contributed by atoms with Crippen LogP contribution in [0.2, 0.25) is 0 Å². The van der Waals surface area contributed by atoms with Gasteiger partial charge in [-0.1, -0.05) is 43.0 Å². The normalized spacial score (nSPS) is 11.0. The van der Waals surface area contributed by atoms with Crippen LogP contribution in [0.3, 0.4) is 0 Å². The fourth-order valence-electron chi connectivity index (χ4n) is 3.23. The Kier molecular flexibility index (Phi) is 6.32. The van der Waals surface area contributed by atoms with E-state index >= 15 is 0 Å². The second-order valence-electron chi connectivity index (χ2n) is 7.03. The molecule has 0 atom stereocenters. The number of rotatable bonds is 6. The van der Waals surface area contributed by atoms with Gasteiger partial charge < -0.3 is 5.32 Å². The molecule has 0 aliphatic rings. The second-order valence-corrected chi connectivity index (χ2v) is 7.98. The van der Waals surface area contributed by atoms with Crippen molar-refractivity contribution in [3.63, 3.8) is 0 Å². The molecule has 0 fully saturated rings. The monoisotopic (exact) mass is 451 g/mol. The number of thioether (sulfide) groups is 1. The van der Waals surface area contributed by atoms with Gasteiger partial charge in [0.2, 0.25) is 5.91 Å². The van der Waals surface area contributed by atoms with Gasteiger partial charge in [-0.2, -0.15) is 0 Å². The molecule has 1 amide bonds. The number of carbonyl (C=O) groups is 1. The van der Waals surface area contributed by atoms with Gasteiger partial charge in [0.25, 0.3) is 5.56 Å². The van der Waals surface area contributed by atoms with Crippen LogP contribution in [-0.4, -0.2) is 21.2 Å². The van der Waals surface area contributed by atoms with E-state index < -0.39 is 17.5 Å². The largest absolute Gasteiger partial charge is 0.323 e. The van der Waals surface area contributed by atoms with E-state index in [-0.39, 0.29) is 17.0 Å². The Morgan fingerprint density at radius 2 is 1.81 bits per heavy atom. The van der Waals surface area contributed by atoms with Gasteiger partial charge in [0, 0.05) is 6.07 Å². The average Bonchev–Trinajstić information content (AvgIpc) is 2.80. The van der Waals surface area contributed by atoms with E-state index in [1.54, 1.807) is 24.3 Å². The van der Waals surface area contributed by atoms with Crippen molar-refractivity contribution >= 4 is 34.3 Å². The number of hydrogen-bond donors (Lipinski definition) is 1. The minimum atomic E-state index is -0.735. The number of aryl methyl sites for hydroxylation is 1. The zero-order valence-electron chi connectivity index (χ0n) is 17.1. The molecule has 4 rings (SSSR count). The Bertz CT molecular complexity index is 1350.